The van der Waals surface area contributed by atoms with Gasteiger partial charge < -0.3 is 16.0 Å². The first-order valence-electron chi connectivity index (χ1n) is 8.67. The van der Waals surface area contributed by atoms with E-state index in [2.05, 4.69) is 16.3 Å². The molecular formula is C19H18Cl2N4OS. The molecule has 0 radical (unpaired) electrons. The number of nitrogens with one attached hydrogen (secondary N) is 1. The summed E-state index contributed by atoms with van der Waals surface area (Å²) in [7, 11) is 0. The third-order valence-electron chi connectivity index (χ3n) is 4.69. The van der Waals surface area contributed by atoms with Gasteiger partial charge in [0.05, 0.1) is 31.9 Å². The van der Waals surface area contributed by atoms with E-state index in [1.165, 1.54) is 0 Å². The van der Waals surface area contributed by atoms with Crippen molar-refractivity contribution in [3.8, 4) is 0 Å². The summed E-state index contributed by atoms with van der Waals surface area (Å²) in [5.74, 6) is -0.168. The number of carbonyl (C=O) groups is 1. The summed E-state index contributed by atoms with van der Waals surface area (Å²) in [6.45, 7) is 1.55. The van der Waals surface area contributed by atoms with Crippen LogP contribution in [0.25, 0.3) is 10.2 Å². The van der Waals surface area contributed by atoms with Crippen molar-refractivity contribution in [3.05, 3.63) is 46.4 Å². The fraction of sp³-hybridized carbons (Fsp3) is 0.263. The van der Waals surface area contributed by atoms with Crippen LogP contribution >= 0.6 is 34.5 Å². The molecule has 0 saturated carbocycles. The largest absolute Gasteiger partial charge is 0.396 e. The summed E-state index contributed by atoms with van der Waals surface area (Å²) in [6.07, 6.45) is 1.78. The van der Waals surface area contributed by atoms with Crippen LogP contribution in [0.2, 0.25) is 10.0 Å². The number of aromatic nitrogens is 1. The summed E-state index contributed by atoms with van der Waals surface area (Å²) >= 11 is 13.8. The molecule has 0 aliphatic carbocycles. The van der Waals surface area contributed by atoms with Crippen LogP contribution in [-0.2, 0) is 4.79 Å². The van der Waals surface area contributed by atoms with Gasteiger partial charge in [-0.3, -0.25) is 4.79 Å². The van der Waals surface area contributed by atoms with Crippen molar-refractivity contribution in [2.24, 2.45) is 5.92 Å². The van der Waals surface area contributed by atoms with Gasteiger partial charge in [-0.15, -0.1) is 0 Å². The minimum Gasteiger partial charge on any atom is -0.396 e. The van der Waals surface area contributed by atoms with Crippen molar-refractivity contribution in [2.45, 2.75) is 12.8 Å². The fourth-order valence-electron chi connectivity index (χ4n) is 3.26. The highest BCUT2D eigenvalue weighted by atomic mass is 35.5. The van der Waals surface area contributed by atoms with Gasteiger partial charge in [0.1, 0.15) is 0 Å². The number of nitrogens with zero attached hydrogens (tertiary/aromatic N) is 2. The molecular weight excluding hydrogens is 403 g/mol. The third kappa shape index (κ3) is 3.83. The number of hydrogen-bond donors (Lipinski definition) is 2. The quantitative estimate of drug-likeness (QED) is 0.582. The van der Waals surface area contributed by atoms with E-state index in [1.54, 1.807) is 23.5 Å². The maximum absolute atomic E-state index is 12.8. The number of nitrogen functional groups attached to an aromatic ring is 1. The Hall–Kier alpha value is -2.02. The Labute approximate surface area is 171 Å². The topological polar surface area (TPSA) is 71.2 Å². The first-order valence-corrected chi connectivity index (χ1v) is 10.2. The number of hydrogen-bond acceptors (Lipinski definition) is 5. The second kappa shape index (κ2) is 7.54. The van der Waals surface area contributed by atoms with Crippen LogP contribution in [0.1, 0.15) is 12.8 Å². The number of carbonyl (C=O) groups excluding carboxylic acids is 1. The summed E-state index contributed by atoms with van der Waals surface area (Å²) in [5.41, 5.74) is 7.62. The second-order valence-corrected chi connectivity index (χ2v) is 8.42. The highest BCUT2D eigenvalue weighted by Crippen LogP contribution is 2.33. The van der Waals surface area contributed by atoms with Crippen LogP contribution in [0.3, 0.4) is 0 Å². The lowest BCUT2D eigenvalue weighted by Gasteiger charge is -2.31. The van der Waals surface area contributed by atoms with Crippen molar-refractivity contribution in [2.75, 3.05) is 29.0 Å². The molecule has 0 bridgehead atoms. The zero-order chi connectivity index (χ0) is 19.0. The third-order valence-corrected chi connectivity index (χ3v) is 6.41. The SMILES string of the molecule is Nc1c(Cl)cc(NC(=O)C2CCCN(c3nc4ccccc4s3)C2)cc1Cl. The van der Waals surface area contributed by atoms with Crippen LogP contribution in [0.4, 0.5) is 16.5 Å². The Morgan fingerprint density at radius 1 is 1.26 bits per heavy atom. The zero-order valence-electron chi connectivity index (χ0n) is 14.4. The van der Waals surface area contributed by atoms with Crippen molar-refractivity contribution < 1.29 is 4.79 Å². The Morgan fingerprint density at radius 3 is 2.74 bits per heavy atom. The minimum atomic E-state index is -0.124. The molecule has 27 heavy (non-hydrogen) atoms. The van der Waals surface area contributed by atoms with E-state index >= 15 is 0 Å². The van der Waals surface area contributed by atoms with Crippen LogP contribution < -0.4 is 16.0 Å². The van der Waals surface area contributed by atoms with Crippen LogP contribution in [0.15, 0.2) is 36.4 Å². The lowest BCUT2D eigenvalue weighted by Crippen LogP contribution is -2.40. The number of halogens is 2. The molecule has 1 amide bonds. The first-order chi connectivity index (χ1) is 13.0. The molecule has 2 aromatic carbocycles. The maximum atomic E-state index is 12.8. The number of rotatable bonds is 3. The van der Waals surface area contributed by atoms with Gasteiger partial charge in [-0.2, -0.15) is 0 Å². The molecule has 3 aromatic rings. The lowest BCUT2D eigenvalue weighted by atomic mass is 9.97. The van der Waals surface area contributed by atoms with Gasteiger partial charge in [0.2, 0.25) is 5.91 Å². The number of amides is 1. The molecule has 1 fully saturated rings. The minimum absolute atomic E-state index is 0.0438. The molecule has 1 aromatic heterocycles. The normalized spacial score (nSPS) is 17.3. The van der Waals surface area contributed by atoms with Gasteiger partial charge in [-0.25, -0.2) is 4.98 Å². The number of para-hydroxylation sites is 1. The molecule has 1 aliphatic heterocycles. The van der Waals surface area contributed by atoms with Gasteiger partial charge in [-0.05, 0) is 37.1 Å². The van der Waals surface area contributed by atoms with Gasteiger partial charge in [-0.1, -0.05) is 46.7 Å². The van der Waals surface area contributed by atoms with Crippen molar-refractivity contribution >= 4 is 67.2 Å². The number of piperidine rings is 1. The molecule has 8 heteroatoms. The van der Waals surface area contributed by atoms with Gasteiger partial charge in [0.15, 0.2) is 5.13 Å². The van der Waals surface area contributed by atoms with Gasteiger partial charge in [0.25, 0.3) is 0 Å². The Balaban J connectivity index is 1.48. The van der Waals surface area contributed by atoms with E-state index in [0.29, 0.717) is 28.0 Å². The number of thiazole rings is 1. The molecule has 1 unspecified atom stereocenters. The van der Waals surface area contributed by atoms with Crippen molar-refractivity contribution in [1.29, 1.82) is 0 Å². The Morgan fingerprint density at radius 2 is 2.00 bits per heavy atom. The average Bonchev–Trinajstić information content (AvgIpc) is 3.10. The van der Waals surface area contributed by atoms with Crippen LogP contribution in [0.5, 0.6) is 0 Å². The second-order valence-electron chi connectivity index (χ2n) is 6.59. The highest BCUT2D eigenvalue weighted by Gasteiger charge is 2.27. The molecule has 0 spiro atoms. The lowest BCUT2D eigenvalue weighted by molar-refractivity contribution is -0.120. The van der Waals surface area contributed by atoms with Crippen molar-refractivity contribution in [3.63, 3.8) is 0 Å². The standard InChI is InChI=1S/C19H18Cl2N4OS/c20-13-8-12(9-14(21)17(13)22)23-18(26)11-4-3-7-25(10-11)19-24-15-5-1-2-6-16(15)27-19/h1-2,5-6,8-9,11H,3-4,7,10,22H2,(H,23,26). The summed E-state index contributed by atoms with van der Waals surface area (Å²) in [5, 5.41) is 4.54. The molecule has 5 nitrogen and oxygen atoms in total. The maximum Gasteiger partial charge on any atom is 0.229 e. The molecule has 1 atom stereocenters. The Kier molecular flexibility index (Phi) is 5.12. The first kappa shape index (κ1) is 18.3. The van der Waals surface area contributed by atoms with E-state index < -0.39 is 0 Å². The molecule has 140 valence electrons. The van der Waals surface area contributed by atoms with Crippen LogP contribution in [0, 0.1) is 5.92 Å². The summed E-state index contributed by atoms with van der Waals surface area (Å²) in [4.78, 5) is 19.7. The van der Waals surface area contributed by atoms with Gasteiger partial charge in [0, 0.05) is 18.8 Å². The monoisotopic (exact) mass is 420 g/mol. The van der Waals surface area contributed by atoms with Crippen molar-refractivity contribution in [1.82, 2.24) is 4.98 Å². The average molecular weight is 421 g/mol. The smallest absolute Gasteiger partial charge is 0.229 e. The van der Waals surface area contributed by atoms with Gasteiger partial charge >= 0.3 is 0 Å². The van der Waals surface area contributed by atoms with E-state index in [9.17, 15) is 4.79 Å². The molecule has 4 rings (SSSR count). The predicted octanol–water partition coefficient (Wildman–Crippen LogP) is 5.04. The number of fused-ring (bicyclic) bond motifs is 1. The fourth-order valence-corrected chi connectivity index (χ4v) is 4.75. The molecule has 3 N–H and O–H groups in total. The van der Waals surface area contributed by atoms with E-state index in [1.807, 2.05) is 18.2 Å². The summed E-state index contributed by atoms with van der Waals surface area (Å²) < 4.78 is 1.16. The number of anilines is 3. The summed E-state index contributed by atoms with van der Waals surface area (Å²) in [6, 6.07) is 11.3. The van der Waals surface area contributed by atoms with Crippen LogP contribution in [-0.4, -0.2) is 24.0 Å². The van der Waals surface area contributed by atoms with E-state index in [0.717, 1.165) is 34.7 Å². The molecule has 1 aliphatic rings. The molecule has 2 heterocycles. The van der Waals surface area contributed by atoms with E-state index in [-0.39, 0.29) is 11.8 Å². The number of nitrogens with two attached hydrogens (primary N) is 1. The molecule has 1 saturated heterocycles. The predicted molar refractivity (Wildman–Crippen MR) is 114 cm³/mol. The highest BCUT2D eigenvalue weighted by molar-refractivity contribution is 7.22. The number of benzene rings is 2. The van der Waals surface area contributed by atoms with E-state index in [4.69, 9.17) is 33.9 Å². The Bertz CT molecular complexity index is 950. The zero-order valence-corrected chi connectivity index (χ0v) is 16.7.